The molecule has 0 saturated carbocycles. The molecule has 0 radical (unpaired) electrons. The Kier molecular flexibility index (Phi) is 7.26. The number of hydrogen-bond acceptors (Lipinski definition) is 2. The maximum absolute atomic E-state index is 10.9. The van der Waals surface area contributed by atoms with Crippen molar-refractivity contribution in [3.05, 3.63) is 0 Å². The number of nitrogens with two attached hydrogens (primary N) is 1. The molecule has 0 aliphatic heterocycles. The van der Waals surface area contributed by atoms with E-state index >= 15 is 0 Å². The fraction of sp³-hybridized carbons (Fsp3) is 0.800. The standard InChI is InChI=1S/C10H19NO2/c1-2-9(12)7-5-3-4-6-8-10(11)13/h2-8H2,1H3,(H2,11,13). The van der Waals surface area contributed by atoms with Crippen molar-refractivity contribution in [2.45, 2.75) is 51.9 Å². The van der Waals surface area contributed by atoms with E-state index in [9.17, 15) is 9.59 Å². The van der Waals surface area contributed by atoms with Gasteiger partial charge < -0.3 is 5.73 Å². The van der Waals surface area contributed by atoms with Gasteiger partial charge in [0.2, 0.25) is 5.91 Å². The fourth-order valence-corrected chi connectivity index (χ4v) is 1.15. The van der Waals surface area contributed by atoms with Gasteiger partial charge in [-0.2, -0.15) is 0 Å². The largest absolute Gasteiger partial charge is 0.370 e. The molecule has 13 heavy (non-hydrogen) atoms. The molecule has 0 aliphatic carbocycles. The van der Waals surface area contributed by atoms with Crippen LogP contribution in [-0.2, 0) is 9.59 Å². The number of carbonyl (C=O) groups is 2. The Bertz CT molecular complexity index is 166. The lowest BCUT2D eigenvalue weighted by atomic mass is 10.1. The summed E-state index contributed by atoms with van der Waals surface area (Å²) >= 11 is 0. The molecule has 0 rings (SSSR count). The first-order valence-electron chi connectivity index (χ1n) is 4.96. The number of carbonyl (C=O) groups excluding carboxylic acids is 2. The molecule has 0 aromatic rings. The molecule has 0 bridgehead atoms. The van der Waals surface area contributed by atoms with Crippen LogP contribution in [0, 0.1) is 0 Å². The van der Waals surface area contributed by atoms with Crippen LogP contribution in [0.25, 0.3) is 0 Å². The van der Waals surface area contributed by atoms with Gasteiger partial charge in [0.1, 0.15) is 5.78 Å². The lowest BCUT2D eigenvalue weighted by Gasteiger charge is -1.98. The zero-order chi connectivity index (χ0) is 10.1. The molecule has 0 saturated heterocycles. The summed E-state index contributed by atoms with van der Waals surface area (Å²) in [6.07, 6.45) is 5.64. The first kappa shape index (κ1) is 12.1. The van der Waals surface area contributed by atoms with Crippen LogP contribution in [0.5, 0.6) is 0 Å². The van der Waals surface area contributed by atoms with Gasteiger partial charge in [0.05, 0.1) is 0 Å². The Balaban J connectivity index is 3.08. The van der Waals surface area contributed by atoms with E-state index in [2.05, 4.69) is 0 Å². The summed E-state index contributed by atoms with van der Waals surface area (Å²) in [5.74, 6) is 0.0968. The van der Waals surface area contributed by atoms with Crippen molar-refractivity contribution in [1.29, 1.82) is 0 Å². The molecule has 76 valence electrons. The zero-order valence-corrected chi connectivity index (χ0v) is 8.34. The molecule has 0 spiro atoms. The zero-order valence-electron chi connectivity index (χ0n) is 8.34. The summed E-state index contributed by atoms with van der Waals surface area (Å²) in [7, 11) is 0. The highest BCUT2D eigenvalue weighted by molar-refractivity contribution is 5.77. The van der Waals surface area contributed by atoms with Gasteiger partial charge in [-0.25, -0.2) is 0 Å². The van der Waals surface area contributed by atoms with Gasteiger partial charge in [-0.15, -0.1) is 0 Å². The first-order valence-corrected chi connectivity index (χ1v) is 4.96. The highest BCUT2D eigenvalue weighted by Crippen LogP contribution is 2.06. The van der Waals surface area contributed by atoms with E-state index in [1.54, 1.807) is 0 Å². The number of unbranched alkanes of at least 4 members (excludes halogenated alkanes) is 3. The van der Waals surface area contributed by atoms with Crippen molar-refractivity contribution in [2.24, 2.45) is 5.73 Å². The van der Waals surface area contributed by atoms with Crippen LogP contribution >= 0.6 is 0 Å². The summed E-state index contributed by atoms with van der Waals surface area (Å²) in [6, 6.07) is 0. The number of amides is 1. The molecule has 0 atom stereocenters. The smallest absolute Gasteiger partial charge is 0.217 e. The molecule has 1 amide bonds. The molecule has 0 heterocycles. The lowest BCUT2D eigenvalue weighted by molar-refractivity contribution is -0.119. The molecule has 2 N–H and O–H groups in total. The van der Waals surface area contributed by atoms with Gasteiger partial charge in [-0.1, -0.05) is 19.8 Å². The summed E-state index contributed by atoms with van der Waals surface area (Å²) in [4.78, 5) is 21.2. The predicted octanol–water partition coefficient (Wildman–Crippen LogP) is 1.79. The van der Waals surface area contributed by atoms with Crippen LogP contribution in [-0.4, -0.2) is 11.7 Å². The van der Waals surface area contributed by atoms with E-state index in [0.717, 1.165) is 25.7 Å². The Morgan fingerprint density at radius 1 is 1.00 bits per heavy atom. The predicted molar refractivity (Wildman–Crippen MR) is 52.2 cm³/mol. The Morgan fingerprint density at radius 3 is 2.00 bits per heavy atom. The molecule has 0 unspecified atom stereocenters. The average molecular weight is 185 g/mol. The Labute approximate surface area is 79.7 Å². The van der Waals surface area contributed by atoms with Crippen LogP contribution in [0.1, 0.15) is 51.9 Å². The quantitative estimate of drug-likeness (QED) is 0.586. The van der Waals surface area contributed by atoms with Gasteiger partial charge in [0.25, 0.3) is 0 Å². The SMILES string of the molecule is CCC(=O)CCCCCCC(N)=O. The van der Waals surface area contributed by atoms with E-state index in [4.69, 9.17) is 5.73 Å². The molecule has 3 heteroatoms. The third-order valence-electron chi connectivity index (χ3n) is 2.02. The van der Waals surface area contributed by atoms with Crippen LogP contribution in [0.2, 0.25) is 0 Å². The van der Waals surface area contributed by atoms with Gasteiger partial charge in [0, 0.05) is 19.3 Å². The van der Waals surface area contributed by atoms with Crippen molar-refractivity contribution >= 4 is 11.7 Å². The second-order valence-corrected chi connectivity index (χ2v) is 3.27. The second-order valence-electron chi connectivity index (χ2n) is 3.27. The van der Waals surface area contributed by atoms with Gasteiger partial charge >= 0.3 is 0 Å². The number of ketones is 1. The van der Waals surface area contributed by atoms with E-state index in [-0.39, 0.29) is 5.91 Å². The molecular formula is C10H19NO2. The highest BCUT2D eigenvalue weighted by Gasteiger charge is 1.98. The number of Topliss-reactive ketones (excluding diaryl/α,β-unsaturated/α-hetero) is 1. The molecule has 0 fully saturated rings. The molecule has 0 aromatic heterocycles. The number of hydrogen-bond donors (Lipinski definition) is 1. The minimum atomic E-state index is -0.232. The van der Waals surface area contributed by atoms with Crippen molar-refractivity contribution < 1.29 is 9.59 Å². The molecule has 3 nitrogen and oxygen atoms in total. The van der Waals surface area contributed by atoms with Gasteiger partial charge in [-0.05, 0) is 12.8 Å². The van der Waals surface area contributed by atoms with E-state index < -0.39 is 0 Å². The minimum Gasteiger partial charge on any atom is -0.370 e. The summed E-state index contributed by atoms with van der Waals surface area (Å²) < 4.78 is 0. The molecule has 0 aromatic carbocycles. The topological polar surface area (TPSA) is 60.2 Å². The van der Waals surface area contributed by atoms with Crippen LogP contribution in [0.15, 0.2) is 0 Å². The van der Waals surface area contributed by atoms with Gasteiger partial charge in [-0.3, -0.25) is 9.59 Å². The third-order valence-corrected chi connectivity index (χ3v) is 2.02. The maximum atomic E-state index is 10.9. The summed E-state index contributed by atoms with van der Waals surface area (Å²) in [5, 5.41) is 0. The summed E-state index contributed by atoms with van der Waals surface area (Å²) in [6.45, 7) is 1.88. The van der Waals surface area contributed by atoms with Gasteiger partial charge in [0.15, 0.2) is 0 Å². The van der Waals surface area contributed by atoms with E-state index in [0.29, 0.717) is 25.0 Å². The van der Waals surface area contributed by atoms with Crippen molar-refractivity contribution in [3.63, 3.8) is 0 Å². The monoisotopic (exact) mass is 185 g/mol. The average Bonchev–Trinajstić information content (AvgIpc) is 2.10. The van der Waals surface area contributed by atoms with Crippen LogP contribution in [0.4, 0.5) is 0 Å². The third kappa shape index (κ3) is 9.05. The fourth-order valence-electron chi connectivity index (χ4n) is 1.15. The normalized spacial score (nSPS) is 9.92. The maximum Gasteiger partial charge on any atom is 0.217 e. The first-order chi connectivity index (χ1) is 6.16. The lowest BCUT2D eigenvalue weighted by Crippen LogP contribution is -2.09. The number of rotatable bonds is 8. The van der Waals surface area contributed by atoms with Crippen molar-refractivity contribution in [2.75, 3.05) is 0 Å². The second kappa shape index (κ2) is 7.77. The number of primary amides is 1. The van der Waals surface area contributed by atoms with E-state index in [1.165, 1.54) is 0 Å². The summed E-state index contributed by atoms with van der Waals surface area (Å²) in [5.41, 5.74) is 4.98. The highest BCUT2D eigenvalue weighted by atomic mass is 16.1. The molecule has 0 aliphatic rings. The van der Waals surface area contributed by atoms with Crippen molar-refractivity contribution in [3.8, 4) is 0 Å². The Morgan fingerprint density at radius 2 is 1.54 bits per heavy atom. The minimum absolute atomic E-state index is 0.232. The molecular weight excluding hydrogens is 166 g/mol. The van der Waals surface area contributed by atoms with Crippen LogP contribution < -0.4 is 5.73 Å². The van der Waals surface area contributed by atoms with Crippen LogP contribution in [0.3, 0.4) is 0 Å². The Hall–Kier alpha value is -0.860. The van der Waals surface area contributed by atoms with E-state index in [1.807, 2.05) is 6.92 Å². The van der Waals surface area contributed by atoms with Crippen molar-refractivity contribution in [1.82, 2.24) is 0 Å².